The molecule has 1 aromatic rings. The molecule has 5 heteroatoms. The molecule has 78 valence electrons. The highest BCUT2D eigenvalue weighted by atomic mass is 32.2. The highest BCUT2D eigenvalue weighted by Gasteiger charge is 2.05. The Kier molecular flexibility index (Phi) is 3.60. The number of hydrogen-bond acceptors (Lipinski definition) is 2. The molecule has 0 heterocycles. The first-order valence-corrected chi connectivity index (χ1v) is 5.90. The summed E-state index contributed by atoms with van der Waals surface area (Å²) in [6.07, 6.45) is 0. The average molecular weight is 217 g/mol. The van der Waals surface area contributed by atoms with Crippen LogP contribution in [0.25, 0.3) is 0 Å². The van der Waals surface area contributed by atoms with Crippen molar-refractivity contribution in [1.29, 1.82) is 0 Å². The Morgan fingerprint density at radius 1 is 1.43 bits per heavy atom. The number of rotatable bonds is 4. The van der Waals surface area contributed by atoms with E-state index in [0.29, 0.717) is 5.56 Å². The van der Waals surface area contributed by atoms with E-state index in [9.17, 15) is 12.8 Å². The van der Waals surface area contributed by atoms with Gasteiger partial charge in [-0.2, -0.15) is 0 Å². The molecule has 0 aliphatic rings. The smallest absolute Gasteiger partial charge is 0.211 e. The molecule has 0 fully saturated rings. The standard InChI is InChI=1S/C9H12FNO2S/c1-2-14(12,13)11-7-8-4-3-5-9(10)6-8/h3-6,11H,2,7H2,1H3. The number of hydrogen-bond donors (Lipinski definition) is 1. The van der Waals surface area contributed by atoms with Crippen LogP contribution in [0.15, 0.2) is 24.3 Å². The fraction of sp³-hybridized carbons (Fsp3) is 0.333. The Morgan fingerprint density at radius 2 is 2.14 bits per heavy atom. The molecule has 0 aliphatic heterocycles. The van der Waals surface area contributed by atoms with Crippen molar-refractivity contribution in [3.63, 3.8) is 0 Å². The minimum Gasteiger partial charge on any atom is -0.212 e. The first-order valence-electron chi connectivity index (χ1n) is 4.25. The van der Waals surface area contributed by atoms with Gasteiger partial charge in [-0.1, -0.05) is 12.1 Å². The van der Waals surface area contributed by atoms with Gasteiger partial charge in [0.25, 0.3) is 0 Å². The summed E-state index contributed by atoms with van der Waals surface area (Å²) < 4.78 is 37.2. The quantitative estimate of drug-likeness (QED) is 0.825. The fourth-order valence-corrected chi connectivity index (χ4v) is 1.53. The summed E-state index contributed by atoms with van der Waals surface area (Å²) in [5.74, 6) is -0.333. The Bertz CT molecular complexity index is 403. The molecule has 1 N–H and O–H groups in total. The van der Waals surface area contributed by atoms with Gasteiger partial charge in [0.2, 0.25) is 10.0 Å². The van der Waals surface area contributed by atoms with E-state index in [-0.39, 0.29) is 18.1 Å². The second-order valence-electron chi connectivity index (χ2n) is 2.85. The van der Waals surface area contributed by atoms with Crippen molar-refractivity contribution in [1.82, 2.24) is 4.72 Å². The van der Waals surface area contributed by atoms with E-state index in [2.05, 4.69) is 4.72 Å². The van der Waals surface area contributed by atoms with Crippen molar-refractivity contribution in [3.8, 4) is 0 Å². The lowest BCUT2D eigenvalue weighted by Crippen LogP contribution is -2.24. The first-order chi connectivity index (χ1) is 6.53. The van der Waals surface area contributed by atoms with Gasteiger partial charge in [0.05, 0.1) is 5.75 Å². The van der Waals surface area contributed by atoms with Crippen LogP contribution in [0.1, 0.15) is 12.5 Å². The molecule has 0 amide bonds. The van der Waals surface area contributed by atoms with Gasteiger partial charge in [0, 0.05) is 6.54 Å². The number of benzene rings is 1. The zero-order valence-electron chi connectivity index (χ0n) is 7.83. The van der Waals surface area contributed by atoms with Gasteiger partial charge in [-0.3, -0.25) is 0 Å². The molecule has 0 saturated carbocycles. The van der Waals surface area contributed by atoms with Crippen molar-refractivity contribution in [2.45, 2.75) is 13.5 Å². The second kappa shape index (κ2) is 4.52. The molecule has 0 atom stereocenters. The minimum atomic E-state index is -3.20. The Labute approximate surface area is 83.0 Å². The monoisotopic (exact) mass is 217 g/mol. The molecule has 14 heavy (non-hydrogen) atoms. The summed E-state index contributed by atoms with van der Waals surface area (Å²) >= 11 is 0. The van der Waals surface area contributed by atoms with E-state index in [1.54, 1.807) is 19.1 Å². The molecule has 0 radical (unpaired) electrons. The third kappa shape index (κ3) is 3.43. The average Bonchev–Trinajstić information content (AvgIpc) is 2.15. The van der Waals surface area contributed by atoms with Gasteiger partial charge >= 0.3 is 0 Å². The molecule has 0 aliphatic carbocycles. The SMILES string of the molecule is CCS(=O)(=O)NCc1cccc(F)c1. The molecule has 1 rings (SSSR count). The number of halogens is 1. The highest BCUT2D eigenvalue weighted by molar-refractivity contribution is 7.89. The zero-order valence-corrected chi connectivity index (χ0v) is 8.64. The van der Waals surface area contributed by atoms with Crippen molar-refractivity contribution < 1.29 is 12.8 Å². The van der Waals surface area contributed by atoms with Crippen LogP contribution in [0.4, 0.5) is 4.39 Å². The van der Waals surface area contributed by atoms with E-state index < -0.39 is 10.0 Å². The summed E-state index contributed by atoms with van der Waals surface area (Å²) in [7, 11) is -3.20. The summed E-state index contributed by atoms with van der Waals surface area (Å²) in [6, 6.07) is 5.84. The second-order valence-corrected chi connectivity index (χ2v) is 4.95. The van der Waals surface area contributed by atoms with Crippen LogP contribution in [0.5, 0.6) is 0 Å². The molecule has 1 aromatic carbocycles. The molecular weight excluding hydrogens is 205 g/mol. The van der Waals surface area contributed by atoms with E-state index in [1.807, 2.05) is 0 Å². The molecule has 0 bridgehead atoms. The van der Waals surface area contributed by atoms with Gasteiger partial charge in [-0.15, -0.1) is 0 Å². The van der Waals surface area contributed by atoms with Crippen LogP contribution in [0.3, 0.4) is 0 Å². The Hall–Kier alpha value is -0.940. The van der Waals surface area contributed by atoms with Gasteiger partial charge < -0.3 is 0 Å². The van der Waals surface area contributed by atoms with Crippen LogP contribution < -0.4 is 4.72 Å². The van der Waals surface area contributed by atoms with Crippen molar-refractivity contribution in [2.75, 3.05) is 5.75 Å². The maximum absolute atomic E-state index is 12.7. The summed E-state index contributed by atoms with van der Waals surface area (Å²) in [6.45, 7) is 1.68. The predicted molar refractivity (Wildman–Crippen MR) is 52.7 cm³/mol. The van der Waals surface area contributed by atoms with Crippen LogP contribution >= 0.6 is 0 Å². The molecule has 0 spiro atoms. The molecule has 0 saturated heterocycles. The van der Waals surface area contributed by atoms with E-state index >= 15 is 0 Å². The van der Waals surface area contributed by atoms with Crippen LogP contribution in [0, 0.1) is 5.82 Å². The van der Waals surface area contributed by atoms with Crippen LogP contribution in [-0.4, -0.2) is 14.2 Å². The fourth-order valence-electron chi connectivity index (χ4n) is 0.942. The first kappa shape index (κ1) is 11.1. The van der Waals surface area contributed by atoms with Crippen molar-refractivity contribution in [3.05, 3.63) is 35.6 Å². The zero-order chi connectivity index (χ0) is 10.6. The number of sulfonamides is 1. The van der Waals surface area contributed by atoms with Gasteiger partial charge in [-0.25, -0.2) is 17.5 Å². The number of nitrogens with one attached hydrogen (secondary N) is 1. The van der Waals surface area contributed by atoms with Crippen LogP contribution in [-0.2, 0) is 16.6 Å². The van der Waals surface area contributed by atoms with Gasteiger partial charge in [-0.05, 0) is 24.6 Å². The van der Waals surface area contributed by atoms with Crippen LogP contribution in [0.2, 0.25) is 0 Å². The minimum absolute atomic E-state index is 0.0301. The van der Waals surface area contributed by atoms with Gasteiger partial charge in [0.1, 0.15) is 5.82 Å². The summed E-state index contributed by atoms with van der Waals surface area (Å²) in [4.78, 5) is 0. The third-order valence-corrected chi connectivity index (χ3v) is 3.11. The summed E-state index contributed by atoms with van der Waals surface area (Å²) in [5.41, 5.74) is 0.613. The predicted octanol–water partition coefficient (Wildman–Crippen LogP) is 1.26. The lowest BCUT2D eigenvalue weighted by Gasteiger charge is -2.04. The Morgan fingerprint density at radius 3 is 2.71 bits per heavy atom. The van der Waals surface area contributed by atoms with Crippen molar-refractivity contribution >= 4 is 10.0 Å². The lowest BCUT2D eigenvalue weighted by atomic mass is 10.2. The molecular formula is C9H12FNO2S. The molecule has 0 aromatic heterocycles. The maximum atomic E-state index is 12.7. The lowest BCUT2D eigenvalue weighted by molar-refractivity contribution is 0.581. The largest absolute Gasteiger partial charge is 0.212 e. The van der Waals surface area contributed by atoms with E-state index in [1.165, 1.54) is 12.1 Å². The highest BCUT2D eigenvalue weighted by Crippen LogP contribution is 2.03. The molecule has 3 nitrogen and oxygen atoms in total. The third-order valence-electron chi connectivity index (χ3n) is 1.77. The Balaban J connectivity index is 2.63. The molecule has 0 unspecified atom stereocenters. The van der Waals surface area contributed by atoms with E-state index in [0.717, 1.165) is 0 Å². The van der Waals surface area contributed by atoms with Crippen molar-refractivity contribution in [2.24, 2.45) is 0 Å². The topological polar surface area (TPSA) is 46.2 Å². The maximum Gasteiger partial charge on any atom is 0.211 e. The summed E-state index contributed by atoms with van der Waals surface area (Å²) in [5, 5.41) is 0. The van der Waals surface area contributed by atoms with Gasteiger partial charge in [0.15, 0.2) is 0 Å². The normalized spacial score (nSPS) is 11.6. The van der Waals surface area contributed by atoms with E-state index in [4.69, 9.17) is 0 Å².